The van der Waals surface area contributed by atoms with Crippen molar-refractivity contribution in [1.29, 1.82) is 0 Å². The van der Waals surface area contributed by atoms with Crippen molar-refractivity contribution >= 4 is 85.1 Å². The first-order valence-electron chi connectivity index (χ1n) is 12.3. The van der Waals surface area contributed by atoms with Crippen LogP contribution in [0.4, 0.5) is 5.13 Å². The van der Waals surface area contributed by atoms with Gasteiger partial charge in [0, 0.05) is 51.5 Å². The quantitative estimate of drug-likeness (QED) is 0.0905. The van der Waals surface area contributed by atoms with E-state index in [2.05, 4.69) is 24.8 Å². The van der Waals surface area contributed by atoms with Crippen LogP contribution in [0.2, 0.25) is 0 Å². The van der Waals surface area contributed by atoms with Crippen molar-refractivity contribution in [2.24, 2.45) is 12.2 Å². The molecule has 0 spiro atoms. The minimum atomic E-state index is -3.92. The summed E-state index contributed by atoms with van der Waals surface area (Å²) in [5, 5.41) is 17.8. The number of nitrogen functional groups attached to an aromatic ring is 1. The molecule has 1 saturated heterocycles. The molecule has 3 aromatic heterocycles. The molecule has 2 atom stereocenters. The Balaban J connectivity index is 0.000000818. The zero-order valence-corrected chi connectivity index (χ0v) is 27.1. The first kappa shape index (κ1) is 33.3. The number of carboxylic acids is 1. The summed E-state index contributed by atoms with van der Waals surface area (Å²) in [7, 11) is -1.99. The molecule has 2 amide bonds. The van der Waals surface area contributed by atoms with E-state index in [1.807, 2.05) is 41.5 Å². The van der Waals surface area contributed by atoms with Crippen LogP contribution in [0, 0.1) is 0 Å². The molecule has 234 valence electrons. The summed E-state index contributed by atoms with van der Waals surface area (Å²) < 4.78 is 33.8. The standard InChI is InChI=1S/C22H20N8O5S4.CH4O3S/c1-3-35-27-13(16-26-21(23)39-28-16)17(31)25-14-18(32)30-15(20(33)34)12(9-36-19(14)30)38-22-24-11(8-37-22)10-4-6-29(2)7-5-10;1-5(2,3)4/h4-8,14,19H,3,9H2,1-2H3,(H3-,23,25,26,28,31,33,34);1H3,(H,2,3,4)/b27-13+;/t14-,19-;/m1./s1. The highest BCUT2D eigenvalue weighted by molar-refractivity contribution is 8.07. The fourth-order valence-electron chi connectivity index (χ4n) is 3.74. The number of nitrogens with two attached hydrogens (primary N) is 1. The van der Waals surface area contributed by atoms with Gasteiger partial charge in [0.25, 0.3) is 11.8 Å². The molecule has 1 fully saturated rings. The van der Waals surface area contributed by atoms with Gasteiger partial charge in [0.15, 0.2) is 21.9 Å². The molecule has 4 N–H and O–H groups in total. The van der Waals surface area contributed by atoms with E-state index in [-0.39, 0.29) is 29.0 Å². The highest BCUT2D eigenvalue weighted by Crippen LogP contribution is 2.46. The number of carboxylic acid groups (broad SMARTS) is 1. The van der Waals surface area contributed by atoms with E-state index in [9.17, 15) is 19.5 Å². The minimum absolute atomic E-state index is 0.0274. The lowest BCUT2D eigenvalue weighted by Crippen LogP contribution is -2.71. The normalized spacial score (nSPS) is 18.1. The highest BCUT2D eigenvalue weighted by atomic mass is 32.2. The number of thiazole rings is 1. The number of hydrogen-bond acceptors (Lipinski definition) is 16. The highest BCUT2D eigenvalue weighted by Gasteiger charge is 2.54. The molecule has 2 aliphatic rings. The predicted octanol–water partition coefficient (Wildman–Crippen LogP) is 0.459. The number of thioether (sulfide) groups is 2. The lowest BCUT2D eigenvalue weighted by atomic mass is 10.0. The van der Waals surface area contributed by atoms with Crippen LogP contribution in [0.1, 0.15) is 12.7 Å². The molecule has 0 bridgehead atoms. The summed E-state index contributed by atoms with van der Waals surface area (Å²) in [5.41, 5.74) is 7.02. The molecule has 3 aromatic rings. The second kappa shape index (κ2) is 14.0. The van der Waals surface area contributed by atoms with Gasteiger partial charge in [-0.2, -0.15) is 9.36 Å². The van der Waals surface area contributed by atoms with Gasteiger partial charge in [-0.3, -0.25) is 14.5 Å². The molecule has 2 aliphatic heterocycles. The number of β-lactam (4-membered cyclic amide) rings is 1. The Bertz CT molecular complexity index is 1730. The van der Waals surface area contributed by atoms with Crippen LogP contribution in [0.25, 0.3) is 11.3 Å². The number of carbonyl (C=O) groups is 3. The summed E-state index contributed by atoms with van der Waals surface area (Å²) >= 11 is 4.86. The average Bonchev–Trinajstić information content (AvgIpc) is 3.60. The number of nitrogens with one attached hydrogen (secondary N) is 1. The summed E-state index contributed by atoms with van der Waals surface area (Å²) in [5.74, 6) is -2.21. The van der Waals surface area contributed by atoms with Gasteiger partial charge < -0.3 is 25.5 Å². The Kier molecular flexibility index (Phi) is 10.6. The van der Waals surface area contributed by atoms with Crippen molar-refractivity contribution in [3.8, 4) is 11.3 Å². The summed E-state index contributed by atoms with van der Waals surface area (Å²) in [6.45, 7) is 1.89. The number of oxime groups is 1. The lowest BCUT2D eigenvalue weighted by Gasteiger charge is -2.49. The van der Waals surface area contributed by atoms with E-state index in [0.29, 0.717) is 21.3 Å². The van der Waals surface area contributed by atoms with E-state index >= 15 is 0 Å². The van der Waals surface area contributed by atoms with E-state index in [0.717, 1.165) is 22.8 Å². The number of carbonyl (C=O) groups excluding carboxylic acids is 2. The summed E-state index contributed by atoms with van der Waals surface area (Å²) in [6, 6.07) is 2.94. The van der Waals surface area contributed by atoms with E-state index in [1.165, 1.54) is 39.8 Å². The fourth-order valence-corrected chi connectivity index (χ4v) is 7.63. The van der Waals surface area contributed by atoms with Crippen LogP contribution in [-0.2, 0) is 36.4 Å². The topological polar surface area (TPSA) is 234 Å². The van der Waals surface area contributed by atoms with Crippen molar-refractivity contribution in [3.63, 3.8) is 0 Å². The second-order valence-corrected chi connectivity index (χ2v) is 14.3. The van der Waals surface area contributed by atoms with E-state index < -0.39 is 39.3 Å². The molecule has 0 unspecified atom stereocenters. The van der Waals surface area contributed by atoms with Crippen LogP contribution in [0.15, 0.2) is 50.0 Å². The molecule has 21 heteroatoms. The molecular formula is C23H24N8O8S5. The van der Waals surface area contributed by atoms with Gasteiger partial charge in [-0.1, -0.05) is 16.9 Å². The molecule has 5 rings (SSSR count). The number of pyridine rings is 1. The number of fused-ring (bicyclic) bond motifs is 1. The zero-order chi connectivity index (χ0) is 32.2. The molecule has 0 radical (unpaired) electrons. The zero-order valence-electron chi connectivity index (χ0n) is 23.1. The Morgan fingerprint density at radius 3 is 2.61 bits per heavy atom. The number of nitrogens with zero attached hydrogens (tertiary/aromatic N) is 6. The molecule has 0 aliphatic carbocycles. The minimum Gasteiger partial charge on any atom is -0.748 e. The van der Waals surface area contributed by atoms with Gasteiger partial charge in [-0.15, -0.1) is 23.1 Å². The van der Waals surface area contributed by atoms with Gasteiger partial charge in [0.2, 0.25) is 11.5 Å². The van der Waals surface area contributed by atoms with Crippen molar-refractivity contribution < 1.29 is 41.9 Å². The summed E-state index contributed by atoms with van der Waals surface area (Å²) in [4.78, 5) is 53.7. The van der Waals surface area contributed by atoms with Gasteiger partial charge in [0.1, 0.15) is 30.8 Å². The number of aryl methyl sites for hydroxylation is 1. The van der Waals surface area contributed by atoms with Crippen molar-refractivity contribution in [3.05, 3.63) is 46.3 Å². The molecule has 0 aromatic carbocycles. The Morgan fingerprint density at radius 1 is 1.34 bits per heavy atom. The average molecular weight is 701 g/mol. The number of aliphatic carboxylic acids is 1. The number of hydrogen-bond donors (Lipinski definition) is 3. The van der Waals surface area contributed by atoms with E-state index in [1.54, 1.807) is 6.92 Å². The number of anilines is 1. The number of aromatic nitrogens is 4. The van der Waals surface area contributed by atoms with E-state index in [4.69, 9.17) is 23.5 Å². The molecule has 0 saturated carbocycles. The monoisotopic (exact) mass is 700 g/mol. The Labute approximate surface area is 267 Å². The molecule has 44 heavy (non-hydrogen) atoms. The third kappa shape index (κ3) is 8.09. The maximum absolute atomic E-state index is 13.1. The fraction of sp³-hybridized carbons (Fsp3) is 0.304. The smallest absolute Gasteiger partial charge is 0.353 e. The number of rotatable bonds is 9. The first-order valence-corrected chi connectivity index (χ1v) is 17.6. The van der Waals surface area contributed by atoms with Crippen LogP contribution < -0.4 is 15.6 Å². The van der Waals surface area contributed by atoms with Crippen molar-refractivity contribution in [1.82, 2.24) is 24.6 Å². The molecule has 5 heterocycles. The maximum Gasteiger partial charge on any atom is 0.353 e. The Hall–Kier alpha value is -3.63. The second-order valence-electron chi connectivity index (χ2n) is 8.81. The van der Waals surface area contributed by atoms with Gasteiger partial charge in [0.05, 0.1) is 15.8 Å². The Morgan fingerprint density at radius 2 is 2.02 bits per heavy atom. The molecule has 16 nitrogen and oxygen atoms in total. The third-order valence-corrected chi connectivity index (χ3v) is 9.57. The SMILES string of the molecule is CCO/N=C(/C(=O)N[C@@H]1C(=O)N2C(C(=O)O)=C(Sc3nc(-c4cc[n+](C)cc4)cs3)CS[C@H]12)c1nsc(N)n1.CS(=O)(=O)[O-]. The van der Waals surface area contributed by atoms with Crippen LogP contribution in [0.5, 0.6) is 0 Å². The van der Waals surface area contributed by atoms with Crippen molar-refractivity contribution in [2.75, 3.05) is 24.3 Å². The third-order valence-electron chi connectivity index (χ3n) is 5.54. The molecular weight excluding hydrogens is 677 g/mol. The van der Waals surface area contributed by atoms with Gasteiger partial charge in [-0.25, -0.2) is 22.8 Å². The maximum atomic E-state index is 13.1. The van der Waals surface area contributed by atoms with Crippen LogP contribution in [0.3, 0.4) is 0 Å². The van der Waals surface area contributed by atoms with Crippen molar-refractivity contribution in [2.45, 2.75) is 22.7 Å². The largest absolute Gasteiger partial charge is 0.748 e. The number of amides is 2. The summed E-state index contributed by atoms with van der Waals surface area (Å²) in [6.07, 6.45) is 4.44. The lowest BCUT2D eigenvalue weighted by molar-refractivity contribution is -0.671. The first-order chi connectivity index (χ1) is 20.8. The van der Waals surface area contributed by atoms with Crippen LogP contribution in [-0.4, -0.2) is 90.8 Å². The van der Waals surface area contributed by atoms with Gasteiger partial charge in [-0.05, 0) is 6.92 Å². The predicted molar refractivity (Wildman–Crippen MR) is 162 cm³/mol. The van der Waals surface area contributed by atoms with Gasteiger partial charge >= 0.3 is 5.97 Å². The van der Waals surface area contributed by atoms with Crippen LogP contribution >= 0.6 is 46.4 Å².